The minimum Gasteiger partial charge on any atom is -0.479 e. The number of ether oxygens (including phenoxy) is 1. The first kappa shape index (κ1) is 13.5. The lowest BCUT2D eigenvalue weighted by atomic mass is 10.2. The highest BCUT2D eigenvalue weighted by Crippen LogP contribution is 2.16. The van der Waals surface area contributed by atoms with Crippen LogP contribution in [-0.2, 0) is 6.54 Å². The summed E-state index contributed by atoms with van der Waals surface area (Å²) in [6.07, 6.45) is 1.11. The maximum atomic E-state index is 5.59. The van der Waals surface area contributed by atoms with Crippen molar-refractivity contribution >= 4 is 0 Å². The minimum absolute atomic E-state index is 0.419. The zero-order valence-electron chi connectivity index (χ0n) is 10.8. The van der Waals surface area contributed by atoms with Gasteiger partial charge in [-0.25, -0.2) is 0 Å². The number of aromatic nitrogens is 1. The van der Waals surface area contributed by atoms with Crippen molar-refractivity contribution in [1.82, 2.24) is 10.3 Å². The van der Waals surface area contributed by atoms with Crippen molar-refractivity contribution in [3.63, 3.8) is 0 Å². The molecule has 3 nitrogen and oxygen atoms in total. The second-order valence-corrected chi connectivity index (χ2v) is 3.79. The maximum Gasteiger partial charge on any atom is 0.149 e. The van der Waals surface area contributed by atoms with Crippen LogP contribution in [0.5, 0.6) is 5.75 Å². The van der Waals surface area contributed by atoms with Crippen LogP contribution in [0.4, 0.5) is 0 Å². The van der Waals surface area contributed by atoms with Gasteiger partial charge in [-0.2, -0.15) is 0 Å². The van der Waals surface area contributed by atoms with Crippen molar-refractivity contribution in [2.45, 2.75) is 33.7 Å². The molecule has 1 aromatic rings. The van der Waals surface area contributed by atoms with Crippen molar-refractivity contribution in [2.24, 2.45) is 0 Å². The molecule has 0 aliphatic heterocycles. The predicted octanol–water partition coefficient (Wildman–Crippen LogP) is 2.29. The first-order valence-corrected chi connectivity index (χ1v) is 5.97. The number of nitrogens with one attached hydrogen (secondary N) is 1. The summed E-state index contributed by atoms with van der Waals surface area (Å²) in [5.74, 6) is 6.52. The largest absolute Gasteiger partial charge is 0.479 e. The molecule has 0 saturated carbocycles. The smallest absolute Gasteiger partial charge is 0.149 e. The molecule has 0 aromatic carbocycles. The highest BCUT2D eigenvalue weighted by molar-refractivity contribution is 5.29. The molecule has 0 saturated heterocycles. The normalized spacial score (nSPS) is 9.59. The average molecular weight is 232 g/mol. The maximum absolute atomic E-state index is 5.59. The van der Waals surface area contributed by atoms with Crippen molar-refractivity contribution < 1.29 is 4.74 Å². The SMILES string of the molecule is CC#CCOc1ccc(C)nc1CNCCC. The Bertz CT molecular complexity index is 404. The number of nitrogens with zero attached hydrogens (tertiary/aromatic N) is 1. The molecule has 92 valence electrons. The molecule has 0 fully saturated rings. The summed E-state index contributed by atoms with van der Waals surface area (Å²) in [5, 5.41) is 3.33. The number of hydrogen-bond donors (Lipinski definition) is 1. The minimum atomic E-state index is 0.419. The predicted molar refractivity (Wildman–Crippen MR) is 69.9 cm³/mol. The highest BCUT2D eigenvalue weighted by atomic mass is 16.5. The molecule has 0 aliphatic rings. The molecule has 0 amide bonds. The van der Waals surface area contributed by atoms with E-state index < -0.39 is 0 Å². The Morgan fingerprint density at radius 1 is 1.41 bits per heavy atom. The number of hydrogen-bond acceptors (Lipinski definition) is 3. The van der Waals surface area contributed by atoms with Crippen LogP contribution >= 0.6 is 0 Å². The van der Waals surface area contributed by atoms with Crippen LogP contribution in [0.1, 0.15) is 31.7 Å². The molecular formula is C14H20N2O. The Labute approximate surface area is 104 Å². The lowest BCUT2D eigenvalue weighted by Gasteiger charge is -2.10. The van der Waals surface area contributed by atoms with Gasteiger partial charge in [0.15, 0.2) is 0 Å². The molecule has 0 bridgehead atoms. The van der Waals surface area contributed by atoms with Crippen LogP contribution in [0.2, 0.25) is 0 Å². The Morgan fingerprint density at radius 3 is 2.94 bits per heavy atom. The summed E-state index contributed by atoms with van der Waals surface area (Å²) in [4.78, 5) is 4.49. The molecule has 0 atom stereocenters. The summed E-state index contributed by atoms with van der Waals surface area (Å²) in [7, 11) is 0. The summed E-state index contributed by atoms with van der Waals surface area (Å²) >= 11 is 0. The molecule has 0 spiro atoms. The van der Waals surface area contributed by atoms with Gasteiger partial charge in [0.05, 0.1) is 5.69 Å². The molecule has 0 radical (unpaired) electrons. The Morgan fingerprint density at radius 2 is 2.24 bits per heavy atom. The van der Waals surface area contributed by atoms with Crippen LogP contribution in [0.3, 0.4) is 0 Å². The third kappa shape index (κ3) is 4.88. The van der Waals surface area contributed by atoms with E-state index in [4.69, 9.17) is 4.74 Å². The molecular weight excluding hydrogens is 212 g/mol. The van der Waals surface area contributed by atoms with Gasteiger partial charge in [0.2, 0.25) is 0 Å². The topological polar surface area (TPSA) is 34.1 Å². The first-order chi connectivity index (χ1) is 8.27. The Hall–Kier alpha value is -1.53. The third-order valence-corrected chi connectivity index (χ3v) is 2.27. The van der Waals surface area contributed by atoms with E-state index in [0.717, 1.165) is 36.6 Å². The van der Waals surface area contributed by atoms with Gasteiger partial charge < -0.3 is 10.1 Å². The monoisotopic (exact) mass is 232 g/mol. The van der Waals surface area contributed by atoms with Gasteiger partial charge in [-0.05, 0) is 38.9 Å². The summed E-state index contributed by atoms with van der Waals surface area (Å²) in [6, 6.07) is 3.92. The zero-order valence-corrected chi connectivity index (χ0v) is 10.8. The summed E-state index contributed by atoms with van der Waals surface area (Å²) in [6.45, 7) is 8.08. The quantitative estimate of drug-likeness (QED) is 0.603. The fourth-order valence-corrected chi connectivity index (χ4v) is 1.43. The van der Waals surface area contributed by atoms with Gasteiger partial charge in [0.1, 0.15) is 12.4 Å². The molecule has 0 unspecified atom stereocenters. The van der Waals surface area contributed by atoms with Crippen LogP contribution in [0.25, 0.3) is 0 Å². The van der Waals surface area contributed by atoms with Gasteiger partial charge in [-0.15, -0.1) is 5.92 Å². The van der Waals surface area contributed by atoms with Crippen molar-refractivity contribution in [2.75, 3.05) is 13.2 Å². The van der Waals surface area contributed by atoms with Gasteiger partial charge >= 0.3 is 0 Å². The molecule has 1 aromatic heterocycles. The van der Waals surface area contributed by atoms with Crippen LogP contribution in [-0.4, -0.2) is 18.1 Å². The van der Waals surface area contributed by atoms with E-state index in [2.05, 4.69) is 29.1 Å². The van der Waals surface area contributed by atoms with E-state index in [-0.39, 0.29) is 0 Å². The first-order valence-electron chi connectivity index (χ1n) is 5.97. The fraction of sp³-hybridized carbons (Fsp3) is 0.500. The van der Waals surface area contributed by atoms with E-state index in [1.54, 1.807) is 6.92 Å². The van der Waals surface area contributed by atoms with Gasteiger partial charge in [-0.3, -0.25) is 4.98 Å². The summed E-state index contributed by atoms with van der Waals surface area (Å²) in [5.41, 5.74) is 1.96. The standard InChI is InChI=1S/C14H20N2O/c1-4-6-10-17-14-8-7-12(3)16-13(14)11-15-9-5-2/h7-8,15H,5,9-11H2,1-3H3. The zero-order chi connectivity index (χ0) is 12.5. The third-order valence-electron chi connectivity index (χ3n) is 2.27. The molecule has 1 rings (SSSR count). The Kier molecular flexibility index (Phi) is 6.13. The lowest BCUT2D eigenvalue weighted by molar-refractivity contribution is 0.362. The highest BCUT2D eigenvalue weighted by Gasteiger charge is 2.04. The van der Waals surface area contributed by atoms with E-state index in [9.17, 15) is 0 Å². The fourth-order valence-electron chi connectivity index (χ4n) is 1.43. The second kappa shape index (κ2) is 7.70. The average Bonchev–Trinajstić information content (AvgIpc) is 2.32. The number of aryl methyl sites for hydroxylation is 1. The lowest BCUT2D eigenvalue weighted by Crippen LogP contribution is -2.16. The van der Waals surface area contributed by atoms with E-state index in [1.165, 1.54) is 0 Å². The molecule has 1 heterocycles. The molecule has 0 aliphatic carbocycles. The van der Waals surface area contributed by atoms with Crippen LogP contribution in [0, 0.1) is 18.8 Å². The van der Waals surface area contributed by atoms with Gasteiger partial charge in [0, 0.05) is 12.2 Å². The van der Waals surface area contributed by atoms with Gasteiger partial charge in [0.25, 0.3) is 0 Å². The van der Waals surface area contributed by atoms with Crippen molar-refractivity contribution in [3.05, 3.63) is 23.5 Å². The van der Waals surface area contributed by atoms with Crippen molar-refractivity contribution in [3.8, 4) is 17.6 Å². The number of pyridine rings is 1. The molecule has 1 N–H and O–H groups in total. The van der Waals surface area contributed by atoms with Crippen LogP contribution in [0.15, 0.2) is 12.1 Å². The van der Waals surface area contributed by atoms with E-state index >= 15 is 0 Å². The van der Waals surface area contributed by atoms with Gasteiger partial charge in [-0.1, -0.05) is 12.8 Å². The Balaban J connectivity index is 2.68. The second-order valence-electron chi connectivity index (χ2n) is 3.79. The van der Waals surface area contributed by atoms with Crippen molar-refractivity contribution in [1.29, 1.82) is 0 Å². The molecule has 17 heavy (non-hydrogen) atoms. The van der Waals surface area contributed by atoms with E-state index in [0.29, 0.717) is 6.61 Å². The summed E-state index contributed by atoms with van der Waals surface area (Å²) < 4.78 is 5.59. The molecule has 3 heteroatoms. The van der Waals surface area contributed by atoms with Crippen LogP contribution < -0.4 is 10.1 Å². The van der Waals surface area contributed by atoms with E-state index in [1.807, 2.05) is 19.1 Å². The number of rotatable bonds is 6.